The largest absolute Gasteiger partial charge is 6.00 e. The predicted octanol–water partition coefficient (Wildman–Crippen LogP) is 30.3. The third-order valence-corrected chi connectivity index (χ3v) is 29.9. The quantitative estimate of drug-likeness (QED) is 0.0194. The van der Waals surface area contributed by atoms with Gasteiger partial charge >= 0.3 is 21.1 Å². The van der Waals surface area contributed by atoms with Gasteiger partial charge in [0, 0.05) is 0 Å². The van der Waals surface area contributed by atoms with Gasteiger partial charge in [-0.3, -0.25) is 0 Å². The van der Waals surface area contributed by atoms with Gasteiger partial charge in [-0.15, -0.1) is 0 Å². The molecule has 756 valence electrons. The molecule has 0 N–H and O–H groups in total. The number of rotatable bonds is 72. The molecule has 0 aromatic heterocycles. The van der Waals surface area contributed by atoms with Crippen LogP contribution in [0.5, 0.6) is 0 Å². The number of hydrogen-bond donors (Lipinski definition) is 0. The molecule has 6 aromatic rings. The Balaban J connectivity index is 0.00000157. The van der Waals surface area contributed by atoms with E-state index in [2.05, 4.69) is 41.5 Å². The summed E-state index contributed by atoms with van der Waals surface area (Å²) in [7, 11) is -26.1. The Labute approximate surface area is 826 Å². The van der Waals surface area contributed by atoms with Crippen molar-refractivity contribution in [2.75, 3.05) is 0 Å². The minimum Gasteiger partial charge on any atom is -0.744 e. The van der Waals surface area contributed by atoms with E-state index in [1.54, 1.807) is 109 Å². The first kappa shape index (κ1) is 128. The van der Waals surface area contributed by atoms with Gasteiger partial charge in [0.15, 0.2) is 0 Å². The van der Waals surface area contributed by atoms with E-state index in [4.69, 9.17) is 0 Å². The molecule has 0 heterocycles. The second-order valence-electron chi connectivity index (χ2n) is 36.0. The molecular weight excluding hydrogens is 1870 g/mol. The van der Waals surface area contributed by atoms with Crippen molar-refractivity contribution in [1.29, 1.82) is 0 Å². The molecule has 0 saturated heterocycles. The van der Waals surface area contributed by atoms with E-state index in [9.17, 15) is 77.8 Å². The molecule has 0 unspecified atom stereocenters. The molecule has 0 aliphatic heterocycles. The summed E-state index contributed by atoms with van der Waals surface area (Å²) < 4.78 is 201. The fourth-order valence-corrected chi connectivity index (χ4v) is 21.0. The summed E-state index contributed by atoms with van der Waals surface area (Å²) in [6.07, 6.45) is 78.9. The zero-order valence-corrected chi connectivity index (χ0v) is 89.6. The topological polar surface area (TPSA) is 343 Å². The monoisotopic (exact) mass is 2050 g/mol. The molecule has 6 aromatic carbocycles. The van der Waals surface area contributed by atoms with E-state index in [-0.39, 0.29) is 50.4 Å². The maximum Gasteiger partial charge on any atom is 6.00 e. The van der Waals surface area contributed by atoms with Crippen molar-refractivity contribution in [3.05, 3.63) is 179 Å². The summed E-state index contributed by atoms with van der Waals surface area (Å²) in [5.74, 6) is 0. The standard InChI is InChI=1S/6C18H30O3S.Mo/c6*1-2-3-4-5-6-7-8-9-10-11-14-17-15-12-13-16-18(17)22(19,20)21;/h6*12-13,15-16H,2-11,14H2,1H3,(H,19,20,21);/q;;;;;;+6/p-6. The van der Waals surface area contributed by atoms with Crippen LogP contribution >= 0.6 is 0 Å². The molecule has 133 heavy (non-hydrogen) atoms. The van der Waals surface area contributed by atoms with Crippen molar-refractivity contribution in [3.63, 3.8) is 0 Å². The van der Waals surface area contributed by atoms with E-state index >= 15 is 0 Å². The molecule has 0 amide bonds. The maximum atomic E-state index is 11.2. The van der Waals surface area contributed by atoms with Gasteiger partial charge in [-0.25, -0.2) is 50.5 Å². The fraction of sp³-hybridized carbons (Fsp3) is 0.667. The van der Waals surface area contributed by atoms with E-state index in [1.165, 1.54) is 345 Å². The van der Waals surface area contributed by atoms with Crippen molar-refractivity contribution in [2.24, 2.45) is 0 Å². The van der Waals surface area contributed by atoms with Crippen LogP contribution < -0.4 is 0 Å². The van der Waals surface area contributed by atoms with Gasteiger partial charge in [-0.1, -0.05) is 497 Å². The smallest absolute Gasteiger partial charge is 0.744 e. The summed E-state index contributed by atoms with van der Waals surface area (Å²) >= 11 is 0. The molecule has 0 bridgehead atoms. The molecule has 0 spiro atoms. The van der Waals surface area contributed by atoms with Crippen molar-refractivity contribution >= 4 is 60.7 Å². The molecule has 18 nitrogen and oxygen atoms in total. The molecule has 0 radical (unpaired) electrons. The van der Waals surface area contributed by atoms with Crippen molar-refractivity contribution < 1.29 is 98.9 Å². The molecule has 0 atom stereocenters. The fourth-order valence-electron chi connectivity index (χ4n) is 16.5. The average Bonchev–Trinajstić information content (AvgIpc) is 0.870. The molecule has 0 fully saturated rings. The summed E-state index contributed by atoms with van der Waals surface area (Å²) in [4.78, 5) is -0.300. The van der Waals surface area contributed by atoms with Gasteiger partial charge in [-0.2, -0.15) is 0 Å². The van der Waals surface area contributed by atoms with Gasteiger partial charge < -0.3 is 27.3 Å². The molecule has 0 saturated carbocycles. The molecular formula is C108H174MoO18S6. The predicted molar refractivity (Wildman–Crippen MR) is 540 cm³/mol. The Morgan fingerprint density at radius 2 is 0.226 bits per heavy atom. The SMILES string of the molecule is CCCCCCCCCCCCc1ccccc1S(=O)(=O)[O-].CCCCCCCCCCCCc1ccccc1S(=O)(=O)[O-].CCCCCCCCCCCCc1ccccc1S(=O)(=O)[O-].CCCCCCCCCCCCc1ccccc1S(=O)(=O)[O-].CCCCCCCCCCCCc1ccccc1S(=O)(=O)[O-].CCCCCCCCCCCCc1ccccc1S(=O)(=O)[O-].[Mo+6]. The maximum absolute atomic E-state index is 11.2. The summed E-state index contributed by atoms with van der Waals surface area (Å²) in [6, 6.07) is 39.3. The van der Waals surface area contributed by atoms with Crippen LogP contribution in [0.3, 0.4) is 0 Å². The Morgan fingerprint density at radius 3 is 0.316 bits per heavy atom. The van der Waals surface area contributed by atoms with Gasteiger partial charge in [0.05, 0.1) is 29.4 Å². The van der Waals surface area contributed by atoms with Crippen LogP contribution in [0.1, 0.15) is 460 Å². The first-order chi connectivity index (χ1) is 63.3. The Hall–Kier alpha value is -4.53. The first-order valence-corrected chi connectivity index (χ1v) is 60.0. The second-order valence-corrected chi connectivity index (χ2v) is 44.1. The number of aryl methyl sites for hydroxylation is 6. The van der Waals surface area contributed by atoms with E-state index < -0.39 is 60.7 Å². The summed E-state index contributed by atoms with van der Waals surface area (Å²) in [5.41, 5.74) is 3.98. The average molecular weight is 2050 g/mol. The Kier molecular flexibility index (Phi) is 79.4. The van der Waals surface area contributed by atoms with E-state index in [0.29, 0.717) is 71.9 Å². The van der Waals surface area contributed by atoms with Crippen LogP contribution in [0.2, 0.25) is 0 Å². The van der Waals surface area contributed by atoms with Gasteiger partial charge in [0.2, 0.25) is 0 Å². The van der Waals surface area contributed by atoms with Crippen molar-refractivity contribution in [1.82, 2.24) is 0 Å². The van der Waals surface area contributed by atoms with Gasteiger partial charge in [0.1, 0.15) is 60.7 Å². The first-order valence-electron chi connectivity index (χ1n) is 51.6. The number of unbranched alkanes of at least 4 members (excludes halogenated alkanes) is 54. The summed E-state index contributed by atoms with van der Waals surface area (Å²) in [5, 5.41) is 0. The third-order valence-electron chi connectivity index (χ3n) is 24.2. The van der Waals surface area contributed by atoms with Crippen LogP contribution in [0.4, 0.5) is 0 Å². The minimum absolute atomic E-state index is 0. The molecule has 6 rings (SSSR count). The zero-order valence-electron chi connectivity index (χ0n) is 82.7. The number of benzene rings is 6. The van der Waals surface area contributed by atoms with Crippen LogP contribution in [-0.4, -0.2) is 77.8 Å². The van der Waals surface area contributed by atoms with E-state index in [1.807, 2.05) is 0 Å². The number of hydrogen-bond acceptors (Lipinski definition) is 18. The van der Waals surface area contributed by atoms with Crippen LogP contribution in [0, 0.1) is 0 Å². The normalized spacial score (nSPS) is 11.6. The molecule has 25 heteroatoms. The zero-order chi connectivity index (χ0) is 97.6. The van der Waals surface area contributed by atoms with Crippen LogP contribution in [0.15, 0.2) is 175 Å². The van der Waals surface area contributed by atoms with Crippen molar-refractivity contribution in [3.8, 4) is 0 Å². The Bertz CT molecular complexity index is 3800. The van der Waals surface area contributed by atoms with E-state index in [0.717, 1.165) is 77.0 Å². The van der Waals surface area contributed by atoms with Crippen molar-refractivity contribution in [2.45, 2.75) is 495 Å². The third kappa shape index (κ3) is 69.9. The molecule has 0 aliphatic rings. The van der Waals surface area contributed by atoms with Crippen LogP contribution in [-0.2, 0) is 120 Å². The summed E-state index contributed by atoms with van der Waals surface area (Å²) in [6.45, 7) is 13.4. The van der Waals surface area contributed by atoms with Gasteiger partial charge in [0.25, 0.3) is 0 Å². The molecule has 0 aliphatic carbocycles. The second kappa shape index (κ2) is 82.2. The van der Waals surface area contributed by atoms with Gasteiger partial charge in [-0.05, 0) is 147 Å². The Morgan fingerprint density at radius 1 is 0.143 bits per heavy atom. The van der Waals surface area contributed by atoms with Crippen LogP contribution in [0.25, 0.3) is 0 Å². The minimum atomic E-state index is -4.35.